The molecule has 1 aromatic rings. The van der Waals surface area contributed by atoms with Gasteiger partial charge >= 0.3 is 5.97 Å². The number of anilines is 1. The van der Waals surface area contributed by atoms with Crippen LogP contribution in [0, 0.1) is 13.8 Å². The fraction of sp³-hybridized carbons (Fsp3) is 0.545. The van der Waals surface area contributed by atoms with Crippen LogP contribution in [0.5, 0.6) is 0 Å². The average molecular weight is 254 g/mol. The van der Waals surface area contributed by atoms with E-state index in [2.05, 4.69) is 15.2 Å². The lowest BCUT2D eigenvalue weighted by Crippen LogP contribution is -2.41. The van der Waals surface area contributed by atoms with Gasteiger partial charge < -0.3 is 15.8 Å². The molecule has 18 heavy (non-hydrogen) atoms. The quantitative estimate of drug-likeness (QED) is 0.722. The van der Waals surface area contributed by atoms with Crippen molar-refractivity contribution in [1.82, 2.24) is 15.1 Å². The number of hydrogen-bond acceptors (Lipinski definition) is 5. The molecule has 0 aliphatic heterocycles. The highest BCUT2D eigenvalue weighted by Crippen LogP contribution is 2.14. The largest absolute Gasteiger partial charge is 0.467 e. The Morgan fingerprint density at radius 3 is 2.56 bits per heavy atom. The summed E-state index contributed by atoms with van der Waals surface area (Å²) in [5, 5.41) is 6.66. The van der Waals surface area contributed by atoms with Crippen LogP contribution in [0.25, 0.3) is 0 Å². The summed E-state index contributed by atoms with van der Waals surface area (Å²) < 4.78 is 6.02. The van der Waals surface area contributed by atoms with E-state index in [4.69, 9.17) is 5.73 Å². The smallest absolute Gasteiger partial charge is 0.328 e. The van der Waals surface area contributed by atoms with Crippen LogP contribution in [-0.4, -0.2) is 34.8 Å². The number of carbonyl (C=O) groups excluding carboxylic acids is 2. The molecule has 1 unspecified atom stereocenters. The summed E-state index contributed by atoms with van der Waals surface area (Å²) in [5.41, 5.74) is 7.74. The first-order chi connectivity index (χ1) is 8.36. The summed E-state index contributed by atoms with van der Waals surface area (Å²) >= 11 is 0. The lowest BCUT2D eigenvalue weighted by atomic mass is 10.3. The van der Waals surface area contributed by atoms with Crippen LogP contribution < -0.4 is 11.1 Å². The molecule has 0 aliphatic rings. The Morgan fingerprint density at radius 2 is 2.11 bits per heavy atom. The molecular formula is C11H18N4O3. The van der Waals surface area contributed by atoms with Gasteiger partial charge in [-0.15, -0.1) is 0 Å². The zero-order valence-electron chi connectivity index (χ0n) is 11.0. The number of nitrogens with two attached hydrogens (primary N) is 1. The first kappa shape index (κ1) is 14.0. The lowest BCUT2D eigenvalue weighted by Gasteiger charge is -2.12. The summed E-state index contributed by atoms with van der Waals surface area (Å²) in [4.78, 5) is 22.8. The minimum absolute atomic E-state index is 0.0191. The number of nitrogens with one attached hydrogen (secondary N) is 1. The second-order valence-electron chi connectivity index (χ2n) is 4.05. The van der Waals surface area contributed by atoms with Crippen LogP contribution in [0.3, 0.4) is 0 Å². The van der Waals surface area contributed by atoms with Gasteiger partial charge in [0.1, 0.15) is 12.6 Å². The Kier molecular flexibility index (Phi) is 4.30. The van der Waals surface area contributed by atoms with Crippen LogP contribution >= 0.6 is 0 Å². The second-order valence-corrected chi connectivity index (χ2v) is 4.05. The summed E-state index contributed by atoms with van der Waals surface area (Å²) in [5.74, 6) is -0.810. The summed E-state index contributed by atoms with van der Waals surface area (Å²) in [6.07, 6.45) is 0. The van der Waals surface area contributed by atoms with Gasteiger partial charge in [0.05, 0.1) is 24.2 Å². The molecule has 1 heterocycles. The molecule has 1 amide bonds. The normalized spacial score (nSPS) is 12.0. The van der Waals surface area contributed by atoms with Gasteiger partial charge in [-0.2, -0.15) is 5.10 Å². The number of aryl methyl sites for hydroxylation is 1. The number of esters is 1. The molecule has 1 aromatic heterocycles. The van der Waals surface area contributed by atoms with Gasteiger partial charge in [0.25, 0.3) is 0 Å². The van der Waals surface area contributed by atoms with Crippen molar-refractivity contribution in [3.8, 4) is 0 Å². The molecule has 1 rings (SSSR count). The number of rotatable bonds is 4. The average Bonchev–Trinajstić information content (AvgIpc) is 2.55. The zero-order chi connectivity index (χ0) is 13.9. The van der Waals surface area contributed by atoms with Gasteiger partial charge in [0.15, 0.2) is 0 Å². The molecule has 7 nitrogen and oxygen atoms in total. The summed E-state index contributed by atoms with van der Waals surface area (Å²) in [6, 6.07) is -0.684. The molecule has 1 atom stereocenters. The molecule has 0 fully saturated rings. The molecule has 0 saturated heterocycles. The van der Waals surface area contributed by atoms with Crippen LogP contribution in [0.15, 0.2) is 0 Å². The van der Waals surface area contributed by atoms with E-state index in [0.717, 1.165) is 5.69 Å². The zero-order valence-corrected chi connectivity index (χ0v) is 11.0. The third-order valence-electron chi connectivity index (χ3n) is 2.66. The number of ether oxygens (including phenoxy) is 1. The molecule has 0 saturated carbocycles. The monoisotopic (exact) mass is 254 g/mol. The SMILES string of the molecule is COC(=O)C(C)NC(=O)Cn1nc(C)c(N)c1C. The fourth-order valence-electron chi connectivity index (χ4n) is 1.52. The van der Waals surface area contributed by atoms with E-state index >= 15 is 0 Å². The van der Waals surface area contributed by atoms with E-state index in [1.54, 1.807) is 20.8 Å². The van der Waals surface area contributed by atoms with Gasteiger partial charge in [-0.25, -0.2) is 4.79 Å². The van der Waals surface area contributed by atoms with Crippen molar-refractivity contribution < 1.29 is 14.3 Å². The lowest BCUT2D eigenvalue weighted by molar-refractivity contribution is -0.144. The number of amides is 1. The molecule has 100 valence electrons. The first-order valence-electron chi connectivity index (χ1n) is 5.53. The minimum atomic E-state index is -0.684. The molecular weight excluding hydrogens is 236 g/mol. The maximum absolute atomic E-state index is 11.7. The Labute approximate surface area is 105 Å². The van der Waals surface area contributed by atoms with E-state index in [1.165, 1.54) is 11.8 Å². The number of nitrogen functional groups attached to an aromatic ring is 1. The Bertz CT molecular complexity index is 467. The Hall–Kier alpha value is -2.05. The molecule has 0 aliphatic carbocycles. The molecule has 3 N–H and O–H groups in total. The predicted molar refractivity (Wildman–Crippen MR) is 65.7 cm³/mol. The molecule has 0 radical (unpaired) electrons. The van der Waals surface area contributed by atoms with Crippen molar-refractivity contribution in [3.05, 3.63) is 11.4 Å². The predicted octanol–water partition coefficient (Wildman–Crippen LogP) is -0.240. The van der Waals surface area contributed by atoms with Gasteiger partial charge in [-0.05, 0) is 20.8 Å². The highest BCUT2D eigenvalue weighted by Gasteiger charge is 2.17. The van der Waals surface area contributed by atoms with Gasteiger partial charge in [0, 0.05) is 0 Å². The number of carbonyl (C=O) groups is 2. The summed E-state index contributed by atoms with van der Waals surface area (Å²) in [6.45, 7) is 5.13. The minimum Gasteiger partial charge on any atom is -0.467 e. The number of nitrogens with zero attached hydrogens (tertiary/aromatic N) is 2. The highest BCUT2D eigenvalue weighted by atomic mass is 16.5. The Morgan fingerprint density at radius 1 is 1.50 bits per heavy atom. The maximum Gasteiger partial charge on any atom is 0.328 e. The van der Waals surface area contributed by atoms with E-state index < -0.39 is 12.0 Å². The van der Waals surface area contributed by atoms with E-state index in [0.29, 0.717) is 11.4 Å². The van der Waals surface area contributed by atoms with Gasteiger partial charge in [-0.3, -0.25) is 9.48 Å². The highest BCUT2D eigenvalue weighted by molar-refractivity contribution is 5.84. The van der Waals surface area contributed by atoms with Crippen molar-refractivity contribution in [2.75, 3.05) is 12.8 Å². The number of hydrogen-bond donors (Lipinski definition) is 2. The number of aromatic nitrogens is 2. The topological polar surface area (TPSA) is 99.2 Å². The van der Waals surface area contributed by atoms with Crippen LogP contribution in [-0.2, 0) is 20.9 Å². The van der Waals surface area contributed by atoms with Crippen molar-refractivity contribution in [2.45, 2.75) is 33.4 Å². The van der Waals surface area contributed by atoms with Crippen molar-refractivity contribution in [1.29, 1.82) is 0 Å². The van der Waals surface area contributed by atoms with Crippen LogP contribution in [0.4, 0.5) is 5.69 Å². The summed E-state index contributed by atoms with van der Waals surface area (Å²) in [7, 11) is 1.27. The molecule has 0 aromatic carbocycles. The van der Waals surface area contributed by atoms with Crippen LogP contribution in [0.2, 0.25) is 0 Å². The van der Waals surface area contributed by atoms with E-state index in [-0.39, 0.29) is 12.5 Å². The molecule has 7 heteroatoms. The fourth-order valence-corrected chi connectivity index (χ4v) is 1.52. The van der Waals surface area contributed by atoms with Crippen LogP contribution in [0.1, 0.15) is 18.3 Å². The van der Waals surface area contributed by atoms with Crippen molar-refractivity contribution in [3.63, 3.8) is 0 Å². The van der Waals surface area contributed by atoms with Crippen molar-refractivity contribution >= 4 is 17.6 Å². The van der Waals surface area contributed by atoms with Gasteiger partial charge in [-0.1, -0.05) is 0 Å². The standard InChI is InChI=1S/C11H18N4O3/c1-6-10(12)8(3)15(14-6)5-9(16)13-7(2)11(17)18-4/h7H,5,12H2,1-4H3,(H,13,16). The van der Waals surface area contributed by atoms with Gasteiger partial charge in [0.2, 0.25) is 5.91 Å². The number of methoxy groups -OCH3 is 1. The van der Waals surface area contributed by atoms with E-state index in [1.807, 2.05) is 0 Å². The van der Waals surface area contributed by atoms with E-state index in [9.17, 15) is 9.59 Å². The third kappa shape index (κ3) is 2.99. The second kappa shape index (κ2) is 5.52. The molecule has 0 spiro atoms. The van der Waals surface area contributed by atoms with Crippen molar-refractivity contribution in [2.24, 2.45) is 0 Å². The first-order valence-corrected chi connectivity index (χ1v) is 5.53. The molecule has 0 bridgehead atoms. The third-order valence-corrected chi connectivity index (χ3v) is 2.66. The Balaban J connectivity index is 2.65. The maximum atomic E-state index is 11.7.